The summed E-state index contributed by atoms with van der Waals surface area (Å²) in [6, 6.07) is 7.68. The molecule has 0 fully saturated rings. The zero-order valence-corrected chi connectivity index (χ0v) is 9.22. The summed E-state index contributed by atoms with van der Waals surface area (Å²) in [6.07, 6.45) is 0. The highest BCUT2D eigenvalue weighted by atomic mass is 32.1. The van der Waals surface area contributed by atoms with Crippen molar-refractivity contribution in [1.29, 1.82) is 5.26 Å². The van der Waals surface area contributed by atoms with Gasteiger partial charge in [-0.1, -0.05) is 0 Å². The predicted molar refractivity (Wildman–Crippen MR) is 59.6 cm³/mol. The first kappa shape index (κ1) is 9.81. The van der Waals surface area contributed by atoms with Crippen LogP contribution in [0.2, 0.25) is 0 Å². The summed E-state index contributed by atoms with van der Waals surface area (Å²) in [7, 11) is 3.22. The molecule has 0 saturated carbocycles. The molecule has 0 aliphatic heterocycles. The van der Waals surface area contributed by atoms with E-state index in [1.807, 2.05) is 18.2 Å². The summed E-state index contributed by atoms with van der Waals surface area (Å²) in [5, 5.41) is 9.78. The lowest BCUT2D eigenvalue weighted by atomic mass is 10.2. The van der Waals surface area contributed by atoms with E-state index in [1.165, 1.54) is 11.3 Å². The average molecular weight is 219 g/mol. The lowest BCUT2D eigenvalue weighted by molar-refractivity contribution is 0.398. The van der Waals surface area contributed by atoms with Gasteiger partial charge in [-0.2, -0.15) is 5.26 Å². The molecule has 0 unspecified atom stereocenters. The number of ether oxygens (including phenoxy) is 2. The molecule has 1 aromatic heterocycles. The molecule has 0 saturated heterocycles. The van der Waals surface area contributed by atoms with Crippen molar-refractivity contribution in [3.63, 3.8) is 0 Å². The summed E-state index contributed by atoms with van der Waals surface area (Å²) in [6.45, 7) is 0. The van der Waals surface area contributed by atoms with Gasteiger partial charge in [-0.05, 0) is 12.1 Å². The second-order valence-corrected chi connectivity index (χ2v) is 4.05. The van der Waals surface area contributed by atoms with Gasteiger partial charge in [-0.25, -0.2) is 0 Å². The standard InChI is InChI=1S/C11H9NO2S/c1-13-7-3-10(14-2)9-5-8(6-12)15-11(9)4-7/h3-5H,1-2H3. The van der Waals surface area contributed by atoms with Crippen LogP contribution in [-0.2, 0) is 0 Å². The number of rotatable bonds is 2. The van der Waals surface area contributed by atoms with Crippen LogP contribution in [0.25, 0.3) is 10.1 Å². The second kappa shape index (κ2) is 3.79. The maximum absolute atomic E-state index is 8.82. The summed E-state index contributed by atoms with van der Waals surface area (Å²) in [4.78, 5) is 0.677. The Morgan fingerprint density at radius 3 is 2.60 bits per heavy atom. The van der Waals surface area contributed by atoms with Crippen LogP contribution in [0.3, 0.4) is 0 Å². The quantitative estimate of drug-likeness (QED) is 0.780. The van der Waals surface area contributed by atoms with Crippen molar-refractivity contribution in [2.24, 2.45) is 0 Å². The smallest absolute Gasteiger partial charge is 0.131 e. The Balaban J connectivity index is 2.73. The van der Waals surface area contributed by atoms with Gasteiger partial charge in [0.15, 0.2) is 0 Å². The molecule has 0 amide bonds. The topological polar surface area (TPSA) is 42.2 Å². The van der Waals surface area contributed by atoms with Crippen LogP contribution in [0, 0.1) is 11.3 Å². The third-order valence-electron chi connectivity index (χ3n) is 2.14. The van der Waals surface area contributed by atoms with Crippen LogP contribution in [0.15, 0.2) is 18.2 Å². The van der Waals surface area contributed by atoms with Gasteiger partial charge in [0.05, 0.1) is 14.2 Å². The Morgan fingerprint density at radius 2 is 2.00 bits per heavy atom. The van der Waals surface area contributed by atoms with Crippen LogP contribution in [0.5, 0.6) is 11.5 Å². The molecule has 15 heavy (non-hydrogen) atoms. The lowest BCUT2D eigenvalue weighted by Crippen LogP contribution is -1.86. The van der Waals surface area contributed by atoms with Crippen molar-refractivity contribution in [2.75, 3.05) is 14.2 Å². The summed E-state index contributed by atoms with van der Waals surface area (Å²) in [5.74, 6) is 1.48. The Bertz CT molecular complexity index is 539. The molecule has 3 nitrogen and oxygen atoms in total. The minimum atomic E-state index is 0.677. The number of hydrogen-bond donors (Lipinski definition) is 0. The molecule has 4 heteroatoms. The van der Waals surface area contributed by atoms with E-state index in [1.54, 1.807) is 14.2 Å². The number of nitriles is 1. The second-order valence-electron chi connectivity index (χ2n) is 2.96. The zero-order valence-electron chi connectivity index (χ0n) is 8.40. The van der Waals surface area contributed by atoms with Crippen LogP contribution in [0.1, 0.15) is 4.88 Å². The number of nitrogens with zero attached hydrogens (tertiary/aromatic N) is 1. The molecule has 0 radical (unpaired) electrons. The number of methoxy groups -OCH3 is 2. The van der Waals surface area contributed by atoms with E-state index in [4.69, 9.17) is 14.7 Å². The Morgan fingerprint density at radius 1 is 1.20 bits per heavy atom. The van der Waals surface area contributed by atoms with Gasteiger partial charge in [0.2, 0.25) is 0 Å². The van der Waals surface area contributed by atoms with Crippen molar-refractivity contribution in [1.82, 2.24) is 0 Å². The molecule has 0 N–H and O–H groups in total. The molecule has 0 atom stereocenters. The van der Waals surface area contributed by atoms with Crippen LogP contribution >= 0.6 is 11.3 Å². The van der Waals surface area contributed by atoms with Crippen molar-refractivity contribution in [3.8, 4) is 17.6 Å². The molecule has 1 heterocycles. The van der Waals surface area contributed by atoms with Gasteiger partial charge in [0, 0.05) is 16.2 Å². The van der Waals surface area contributed by atoms with Gasteiger partial charge in [-0.3, -0.25) is 0 Å². The minimum absolute atomic E-state index is 0.677. The molecular formula is C11H9NO2S. The highest BCUT2D eigenvalue weighted by Crippen LogP contribution is 2.36. The third-order valence-corrected chi connectivity index (χ3v) is 3.13. The SMILES string of the molecule is COc1cc(OC)c2cc(C#N)sc2c1. The average Bonchev–Trinajstić information content (AvgIpc) is 2.70. The van der Waals surface area contributed by atoms with Gasteiger partial charge < -0.3 is 9.47 Å². The van der Waals surface area contributed by atoms with E-state index in [0.29, 0.717) is 4.88 Å². The molecule has 1 aromatic carbocycles. The number of hydrogen-bond acceptors (Lipinski definition) is 4. The number of thiophene rings is 1. The van der Waals surface area contributed by atoms with Crippen molar-refractivity contribution >= 4 is 21.4 Å². The molecule has 2 aromatic rings. The zero-order chi connectivity index (χ0) is 10.8. The third kappa shape index (κ3) is 1.62. The monoisotopic (exact) mass is 219 g/mol. The van der Waals surface area contributed by atoms with Gasteiger partial charge in [0.25, 0.3) is 0 Å². The fourth-order valence-corrected chi connectivity index (χ4v) is 2.33. The lowest BCUT2D eigenvalue weighted by Gasteiger charge is -2.04. The fourth-order valence-electron chi connectivity index (χ4n) is 1.42. The van der Waals surface area contributed by atoms with Crippen molar-refractivity contribution in [3.05, 3.63) is 23.1 Å². The van der Waals surface area contributed by atoms with E-state index in [2.05, 4.69) is 6.07 Å². The molecule has 0 aliphatic rings. The normalized spacial score (nSPS) is 9.93. The van der Waals surface area contributed by atoms with Crippen LogP contribution in [0.4, 0.5) is 0 Å². The number of benzene rings is 1. The Hall–Kier alpha value is -1.73. The first-order chi connectivity index (χ1) is 7.28. The Labute approximate surface area is 91.5 Å². The first-order valence-corrected chi connectivity index (χ1v) is 5.16. The molecule has 76 valence electrons. The fraction of sp³-hybridized carbons (Fsp3) is 0.182. The van der Waals surface area contributed by atoms with Gasteiger partial charge in [0.1, 0.15) is 22.4 Å². The first-order valence-electron chi connectivity index (χ1n) is 4.34. The van der Waals surface area contributed by atoms with E-state index in [9.17, 15) is 0 Å². The molecular weight excluding hydrogens is 210 g/mol. The summed E-state index contributed by atoms with van der Waals surface area (Å²) < 4.78 is 11.4. The van der Waals surface area contributed by atoms with Gasteiger partial charge in [-0.15, -0.1) is 11.3 Å². The van der Waals surface area contributed by atoms with E-state index < -0.39 is 0 Å². The molecule has 0 aliphatic carbocycles. The van der Waals surface area contributed by atoms with E-state index in [-0.39, 0.29) is 0 Å². The minimum Gasteiger partial charge on any atom is -0.497 e. The van der Waals surface area contributed by atoms with E-state index in [0.717, 1.165) is 21.6 Å². The van der Waals surface area contributed by atoms with E-state index >= 15 is 0 Å². The highest BCUT2D eigenvalue weighted by Gasteiger charge is 2.08. The van der Waals surface area contributed by atoms with Crippen molar-refractivity contribution < 1.29 is 9.47 Å². The summed E-state index contributed by atoms with van der Waals surface area (Å²) >= 11 is 1.44. The highest BCUT2D eigenvalue weighted by molar-refractivity contribution is 7.19. The largest absolute Gasteiger partial charge is 0.497 e. The van der Waals surface area contributed by atoms with Crippen LogP contribution < -0.4 is 9.47 Å². The molecule has 0 spiro atoms. The summed E-state index contributed by atoms with van der Waals surface area (Å²) in [5.41, 5.74) is 0. The number of fused-ring (bicyclic) bond motifs is 1. The van der Waals surface area contributed by atoms with Crippen LogP contribution in [-0.4, -0.2) is 14.2 Å². The Kier molecular flexibility index (Phi) is 2.48. The molecule has 2 rings (SSSR count). The predicted octanol–water partition coefficient (Wildman–Crippen LogP) is 2.79. The van der Waals surface area contributed by atoms with Gasteiger partial charge >= 0.3 is 0 Å². The van der Waals surface area contributed by atoms with Crippen molar-refractivity contribution in [2.45, 2.75) is 0 Å². The maximum Gasteiger partial charge on any atom is 0.131 e. The molecule has 0 bridgehead atoms. The maximum atomic E-state index is 8.82.